The zero-order valence-corrected chi connectivity index (χ0v) is 31.6. The molecule has 6 aliphatic rings. The first-order valence-electron chi connectivity index (χ1n) is 20.0. The van der Waals surface area contributed by atoms with Crippen LogP contribution < -0.4 is 5.32 Å². The summed E-state index contributed by atoms with van der Waals surface area (Å²) in [5, 5.41) is 22.9. The highest BCUT2D eigenvalue weighted by Gasteiger charge is 2.52. The smallest absolute Gasteiger partial charge is 0.409 e. The lowest BCUT2D eigenvalue weighted by Gasteiger charge is -2.51. The molecule has 2 aromatic heterocycles. The monoisotopic (exact) mass is 733 g/mol. The van der Waals surface area contributed by atoms with Crippen molar-refractivity contribution in [2.45, 2.75) is 109 Å². The van der Waals surface area contributed by atoms with E-state index in [4.69, 9.17) is 9.47 Å². The van der Waals surface area contributed by atoms with Crippen molar-refractivity contribution in [3.05, 3.63) is 48.0 Å². The quantitative estimate of drug-likeness (QED) is 0.303. The fraction of sp³-hybridized carbons (Fsp3) is 0.683. The van der Waals surface area contributed by atoms with Crippen LogP contribution in [0.5, 0.6) is 11.5 Å². The van der Waals surface area contributed by atoms with E-state index in [9.17, 15) is 24.6 Å². The van der Waals surface area contributed by atoms with Crippen LogP contribution in [0, 0.1) is 16.7 Å². The number of aromatic nitrogens is 2. The minimum atomic E-state index is -0.149. The van der Waals surface area contributed by atoms with Crippen LogP contribution in [0.25, 0.3) is 0 Å². The van der Waals surface area contributed by atoms with Gasteiger partial charge in [-0.15, -0.1) is 0 Å². The molecule has 3 saturated carbocycles. The number of Topliss-reactive ketones (excluding diaryl/α,β-unsaturated/α-hetero) is 1. The number of hydrogen-bond acceptors (Lipinski definition) is 11. The number of nitrogens with zero attached hydrogens (tertiary/aromatic N) is 4. The van der Waals surface area contributed by atoms with E-state index in [-0.39, 0.29) is 23.4 Å². The van der Waals surface area contributed by atoms with Crippen LogP contribution in [0.4, 0.5) is 4.79 Å². The van der Waals surface area contributed by atoms with E-state index in [1.807, 2.05) is 18.7 Å². The van der Waals surface area contributed by atoms with Crippen LogP contribution in [-0.4, -0.2) is 106 Å². The van der Waals surface area contributed by atoms with Crippen LogP contribution in [-0.2, 0) is 19.1 Å². The summed E-state index contributed by atoms with van der Waals surface area (Å²) in [4.78, 5) is 47.4. The summed E-state index contributed by atoms with van der Waals surface area (Å²) in [5.41, 5.74) is 2.24. The fourth-order valence-electron chi connectivity index (χ4n) is 9.69. The lowest BCUT2D eigenvalue weighted by atomic mass is 9.64. The SMILES string of the molecule is CCOC(=O)C1CCC2(CC(=O)C2)C1.CCOC(=O)N1CCC2(CC(N3CCC(c4ncccc4O)CC3)C2)C1.Oc1cccnc1C1CCNCC1. The zero-order valence-electron chi connectivity index (χ0n) is 31.6. The van der Waals surface area contributed by atoms with Crippen molar-refractivity contribution in [1.82, 2.24) is 25.1 Å². The van der Waals surface area contributed by atoms with Crippen molar-refractivity contribution < 1.29 is 34.1 Å². The second-order valence-corrected chi connectivity index (χ2v) is 16.2. The summed E-state index contributed by atoms with van der Waals surface area (Å²) in [6, 6.07) is 7.64. The van der Waals surface area contributed by atoms with E-state index in [0.29, 0.717) is 66.6 Å². The molecule has 0 bridgehead atoms. The molecule has 1 unspecified atom stereocenters. The Bertz CT molecular complexity index is 1540. The van der Waals surface area contributed by atoms with E-state index in [0.717, 1.165) is 102 Å². The van der Waals surface area contributed by atoms with E-state index >= 15 is 0 Å². The molecule has 53 heavy (non-hydrogen) atoms. The predicted molar refractivity (Wildman–Crippen MR) is 200 cm³/mol. The fourth-order valence-corrected chi connectivity index (χ4v) is 9.69. The number of amides is 1. The van der Waals surface area contributed by atoms with E-state index in [1.54, 1.807) is 36.7 Å². The maximum Gasteiger partial charge on any atom is 0.409 e. The molecule has 12 heteroatoms. The molecule has 3 aliphatic carbocycles. The molecule has 6 fully saturated rings. The molecule has 1 amide bonds. The Morgan fingerprint density at radius 2 is 1.42 bits per heavy atom. The topological polar surface area (TPSA) is 154 Å². The van der Waals surface area contributed by atoms with Crippen molar-refractivity contribution in [3.8, 4) is 11.5 Å². The van der Waals surface area contributed by atoms with Gasteiger partial charge in [0.2, 0.25) is 0 Å². The summed E-state index contributed by atoms with van der Waals surface area (Å²) in [6.07, 6.45) is 15.3. The third-order valence-corrected chi connectivity index (χ3v) is 12.6. The first kappa shape index (κ1) is 38.9. The third-order valence-electron chi connectivity index (χ3n) is 12.6. The molecule has 0 aromatic carbocycles. The second kappa shape index (κ2) is 17.6. The van der Waals surface area contributed by atoms with Crippen molar-refractivity contribution in [2.24, 2.45) is 16.7 Å². The molecule has 3 saturated heterocycles. The normalized spacial score (nSPS) is 26.8. The lowest BCUT2D eigenvalue weighted by Crippen LogP contribution is -2.54. The van der Waals surface area contributed by atoms with Crippen molar-refractivity contribution in [3.63, 3.8) is 0 Å². The predicted octanol–water partition coefficient (Wildman–Crippen LogP) is 5.93. The standard InChI is InChI=1S/C20H29N3O3.C11H16O3.C10H14N2O/c1-2-26-19(25)23-11-7-20(14-23)12-16(13-20)22-9-5-15(6-10-22)18-17(24)4-3-8-21-18;1-2-14-10(13)8-3-4-11(5-8)6-9(12)7-11;13-9-2-1-5-12-10(9)8-3-6-11-7-4-8/h3-4,8,15-16,24H,2,5-7,9-14H2,1H3;8H,2-7H2,1H3;1-2,5,8,11,13H,3-4,6-7H2. The van der Waals surface area contributed by atoms with Gasteiger partial charge in [-0.3, -0.25) is 19.6 Å². The average Bonchev–Trinajstić information content (AvgIpc) is 3.80. The van der Waals surface area contributed by atoms with Crippen LogP contribution in [0.15, 0.2) is 36.7 Å². The maximum atomic E-state index is 11.9. The van der Waals surface area contributed by atoms with Gasteiger partial charge < -0.3 is 34.8 Å². The first-order valence-corrected chi connectivity index (χ1v) is 20.0. The van der Waals surface area contributed by atoms with E-state index < -0.39 is 0 Å². The molecular formula is C41H59N5O7. The second-order valence-electron chi connectivity index (χ2n) is 16.2. The largest absolute Gasteiger partial charge is 0.506 e. The van der Waals surface area contributed by atoms with Crippen LogP contribution in [0.1, 0.15) is 114 Å². The number of carbonyl (C=O) groups is 3. The van der Waals surface area contributed by atoms with Gasteiger partial charge in [-0.25, -0.2) is 4.79 Å². The van der Waals surface area contributed by atoms with Crippen LogP contribution in [0.3, 0.4) is 0 Å². The minimum Gasteiger partial charge on any atom is -0.506 e. The van der Waals surface area contributed by atoms with Gasteiger partial charge in [-0.1, -0.05) is 0 Å². The minimum absolute atomic E-state index is 0.0584. The van der Waals surface area contributed by atoms with Crippen LogP contribution >= 0.6 is 0 Å². The number of likely N-dealkylation sites (tertiary alicyclic amines) is 2. The third kappa shape index (κ3) is 9.49. The van der Waals surface area contributed by atoms with Gasteiger partial charge >= 0.3 is 12.1 Å². The van der Waals surface area contributed by atoms with Gasteiger partial charge in [-0.05, 0) is 139 Å². The summed E-state index contributed by atoms with van der Waals surface area (Å²) < 4.78 is 10.1. The van der Waals surface area contributed by atoms with Gasteiger partial charge in [-0.2, -0.15) is 0 Å². The van der Waals surface area contributed by atoms with Crippen molar-refractivity contribution >= 4 is 17.8 Å². The molecule has 3 aliphatic heterocycles. The number of ketones is 1. The summed E-state index contributed by atoms with van der Waals surface area (Å²) >= 11 is 0. The lowest BCUT2D eigenvalue weighted by molar-refractivity contribution is -0.149. The Labute approximate surface area is 314 Å². The number of ether oxygens (including phenoxy) is 2. The number of carbonyl (C=O) groups excluding carboxylic acids is 3. The molecule has 290 valence electrons. The summed E-state index contributed by atoms with van der Waals surface area (Å²) in [5.74, 6) is 1.82. The molecule has 3 N–H and O–H groups in total. The maximum absolute atomic E-state index is 11.9. The van der Waals surface area contributed by atoms with E-state index in [1.165, 1.54) is 12.8 Å². The number of nitrogens with one attached hydrogen (secondary N) is 1. The Kier molecular flexibility index (Phi) is 12.9. The highest BCUT2D eigenvalue weighted by atomic mass is 16.6. The van der Waals surface area contributed by atoms with Gasteiger partial charge in [0, 0.05) is 56.2 Å². The Hall–Kier alpha value is -3.77. The molecule has 2 aromatic rings. The Morgan fingerprint density at radius 3 is 1.98 bits per heavy atom. The molecule has 12 nitrogen and oxygen atoms in total. The van der Waals surface area contributed by atoms with Crippen LogP contribution in [0.2, 0.25) is 0 Å². The molecule has 1 atom stereocenters. The number of aromatic hydroxyl groups is 2. The summed E-state index contributed by atoms with van der Waals surface area (Å²) in [7, 11) is 0. The van der Waals surface area contributed by atoms with Gasteiger partial charge in [0.15, 0.2) is 0 Å². The molecule has 0 radical (unpaired) electrons. The first-order chi connectivity index (χ1) is 25.6. The Morgan fingerprint density at radius 1 is 0.811 bits per heavy atom. The molecular weight excluding hydrogens is 674 g/mol. The molecule has 5 heterocycles. The van der Waals surface area contributed by atoms with Gasteiger partial charge in [0.05, 0.1) is 30.5 Å². The summed E-state index contributed by atoms with van der Waals surface area (Å²) in [6.45, 7) is 10.5. The van der Waals surface area contributed by atoms with Gasteiger partial charge in [0.1, 0.15) is 17.3 Å². The number of piperidine rings is 2. The average molecular weight is 734 g/mol. The Balaban J connectivity index is 0.000000150. The molecule has 8 rings (SSSR count). The van der Waals surface area contributed by atoms with Crippen molar-refractivity contribution in [2.75, 3.05) is 52.5 Å². The highest BCUT2D eigenvalue weighted by molar-refractivity contribution is 5.86. The number of esters is 1. The van der Waals surface area contributed by atoms with Crippen molar-refractivity contribution in [1.29, 1.82) is 0 Å². The van der Waals surface area contributed by atoms with E-state index in [2.05, 4.69) is 20.2 Å². The number of hydrogen-bond donors (Lipinski definition) is 3. The van der Waals surface area contributed by atoms with Gasteiger partial charge in [0.25, 0.3) is 0 Å². The number of pyridine rings is 2. The zero-order chi connectivity index (χ0) is 37.4. The molecule has 2 spiro atoms. The highest BCUT2D eigenvalue weighted by Crippen LogP contribution is 2.54. The number of rotatable bonds is 6.